The summed E-state index contributed by atoms with van der Waals surface area (Å²) in [4.78, 5) is 21.7. The number of hydrogen-bond acceptors (Lipinski definition) is 2. The first-order chi connectivity index (χ1) is 5.59. The number of ketones is 1. The summed E-state index contributed by atoms with van der Waals surface area (Å²) in [5, 5.41) is -0.293. The minimum absolute atomic E-state index is 0.0638. The lowest BCUT2D eigenvalue weighted by atomic mass is 9.99. The molecule has 1 unspecified atom stereocenters. The molecule has 0 aromatic carbocycles. The van der Waals surface area contributed by atoms with Gasteiger partial charge in [-0.25, -0.2) is 0 Å². The Morgan fingerprint density at radius 2 is 1.92 bits per heavy atom. The van der Waals surface area contributed by atoms with Gasteiger partial charge in [-0.1, -0.05) is 26.2 Å². The van der Waals surface area contributed by atoms with E-state index in [0.29, 0.717) is 6.42 Å². The molecule has 0 spiro atoms. The van der Waals surface area contributed by atoms with Crippen LogP contribution in [0.3, 0.4) is 0 Å². The third kappa shape index (κ3) is 4.54. The van der Waals surface area contributed by atoms with Crippen molar-refractivity contribution >= 4 is 23.5 Å². The molecule has 0 aliphatic heterocycles. The molecule has 0 fully saturated rings. The van der Waals surface area contributed by atoms with Crippen molar-refractivity contribution in [2.24, 2.45) is 5.92 Å². The molecule has 2 nitrogen and oxygen atoms in total. The van der Waals surface area contributed by atoms with Crippen LogP contribution < -0.4 is 0 Å². The zero-order valence-corrected chi connectivity index (χ0v) is 8.56. The average Bonchev–Trinajstić information content (AvgIpc) is 1.96. The molecular formula is C9H16O2S. The first-order valence-corrected chi connectivity index (χ1v) is 4.77. The normalized spacial score (nSPS) is 12.6. The van der Waals surface area contributed by atoms with E-state index in [-0.39, 0.29) is 10.9 Å². The highest BCUT2D eigenvalue weighted by Gasteiger charge is 2.18. The standard InChI is InChI=1S/C9H16O2S/c1-3-4-5-6-8(7(2)10)9(11)12/h8H,3-6H2,1-2H3,(H,11,12). The molecule has 0 rings (SSSR count). The number of hydrogen-bond donors (Lipinski definition) is 1. The Bertz CT molecular complexity index is 152. The maximum Gasteiger partial charge on any atom is 0.196 e. The topological polar surface area (TPSA) is 34.1 Å². The van der Waals surface area contributed by atoms with E-state index in [1.807, 2.05) is 0 Å². The Labute approximate surface area is 79.1 Å². The third-order valence-electron chi connectivity index (χ3n) is 1.89. The van der Waals surface area contributed by atoms with Gasteiger partial charge in [0.15, 0.2) is 5.12 Å². The molecule has 0 bridgehead atoms. The molecule has 0 aromatic rings. The summed E-state index contributed by atoms with van der Waals surface area (Å²) < 4.78 is 0. The van der Waals surface area contributed by atoms with Crippen LogP contribution in [0.2, 0.25) is 0 Å². The lowest BCUT2D eigenvalue weighted by molar-refractivity contribution is -0.127. The second-order valence-electron chi connectivity index (χ2n) is 3.00. The quantitative estimate of drug-likeness (QED) is 0.394. The van der Waals surface area contributed by atoms with Gasteiger partial charge in [0.05, 0.1) is 5.92 Å². The first kappa shape index (κ1) is 11.7. The van der Waals surface area contributed by atoms with Crippen LogP contribution in [0.1, 0.15) is 39.5 Å². The SMILES string of the molecule is CCCCCC(C(C)=O)C(=O)S. The predicted octanol–water partition coefficient (Wildman–Crippen LogP) is 2.23. The highest BCUT2D eigenvalue weighted by Crippen LogP contribution is 2.13. The second-order valence-corrected chi connectivity index (χ2v) is 3.44. The van der Waals surface area contributed by atoms with E-state index >= 15 is 0 Å². The molecule has 0 amide bonds. The molecule has 70 valence electrons. The summed E-state index contributed by atoms with van der Waals surface area (Å²) in [5.41, 5.74) is 0. The van der Waals surface area contributed by atoms with E-state index < -0.39 is 5.92 Å². The molecular weight excluding hydrogens is 172 g/mol. The van der Waals surface area contributed by atoms with Crippen LogP contribution in [0.5, 0.6) is 0 Å². The number of carbonyl (C=O) groups excluding carboxylic acids is 2. The van der Waals surface area contributed by atoms with Crippen molar-refractivity contribution in [2.75, 3.05) is 0 Å². The number of unbranched alkanes of at least 4 members (excludes halogenated alkanes) is 2. The third-order valence-corrected chi connectivity index (χ3v) is 2.20. The molecule has 1 atom stereocenters. The number of rotatable bonds is 6. The Balaban J connectivity index is 3.80. The van der Waals surface area contributed by atoms with Crippen molar-refractivity contribution in [3.05, 3.63) is 0 Å². The molecule has 0 aliphatic carbocycles. The van der Waals surface area contributed by atoms with Crippen LogP contribution in [0.15, 0.2) is 0 Å². The van der Waals surface area contributed by atoms with Crippen molar-refractivity contribution in [1.82, 2.24) is 0 Å². The smallest absolute Gasteiger partial charge is 0.196 e. The minimum atomic E-state index is -0.472. The molecule has 0 saturated carbocycles. The molecule has 12 heavy (non-hydrogen) atoms. The maximum absolute atomic E-state index is 10.9. The molecule has 0 radical (unpaired) electrons. The van der Waals surface area contributed by atoms with Crippen LogP contribution in [0.25, 0.3) is 0 Å². The van der Waals surface area contributed by atoms with Crippen LogP contribution in [-0.2, 0) is 9.59 Å². The van der Waals surface area contributed by atoms with Gasteiger partial charge < -0.3 is 0 Å². The summed E-state index contributed by atoms with van der Waals surface area (Å²) in [6, 6.07) is 0. The van der Waals surface area contributed by atoms with E-state index in [0.717, 1.165) is 19.3 Å². The summed E-state index contributed by atoms with van der Waals surface area (Å²) >= 11 is 3.67. The van der Waals surface area contributed by atoms with E-state index in [1.165, 1.54) is 6.92 Å². The fourth-order valence-corrected chi connectivity index (χ4v) is 1.41. The lowest BCUT2D eigenvalue weighted by Gasteiger charge is -2.07. The number of carbonyl (C=O) groups is 2. The molecule has 0 aromatic heterocycles. The van der Waals surface area contributed by atoms with Gasteiger partial charge in [0, 0.05) is 0 Å². The van der Waals surface area contributed by atoms with Gasteiger partial charge in [-0.2, -0.15) is 0 Å². The fourth-order valence-electron chi connectivity index (χ4n) is 1.10. The monoisotopic (exact) mass is 188 g/mol. The van der Waals surface area contributed by atoms with Gasteiger partial charge in [-0.05, 0) is 13.3 Å². The Morgan fingerprint density at radius 1 is 1.33 bits per heavy atom. The molecule has 0 aliphatic rings. The molecule has 0 N–H and O–H groups in total. The maximum atomic E-state index is 10.9. The Hall–Kier alpha value is -0.310. The highest BCUT2D eigenvalue weighted by molar-refractivity contribution is 7.96. The summed E-state index contributed by atoms with van der Waals surface area (Å²) in [6.45, 7) is 3.54. The van der Waals surface area contributed by atoms with Gasteiger partial charge in [-0.3, -0.25) is 9.59 Å². The summed E-state index contributed by atoms with van der Waals surface area (Å²) in [6.07, 6.45) is 3.77. The molecule has 3 heteroatoms. The van der Waals surface area contributed by atoms with E-state index in [2.05, 4.69) is 19.6 Å². The van der Waals surface area contributed by atoms with Gasteiger partial charge in [0.1, 0.15) is 5.78 Å². The fraction of sp³-hybridized carbons (Fsp3) is 0.778. The Morgan fingerprint density at radius 3 is 2.25 bits per heavy atom. The lowest BCUT2D eigenvalue weighted by Crippen LogP contribution is -2.17. The van der Waals surface area contributed by atoms with E-state index in [9.17, 15) is 9.59 Å². The van der Waals surface area contributed by atoms with Crippen LogP contribution in [-0.4, -0.2) is 10.9 Å². The average molecular weight is 188 g/mol. The molecule has 0 saturated heterocycles. The van der Waals surface area contributed by atoms with Crippen molar-refractivity contribution in [1.29, 1.82) is 0 Å². The van der Waals surface area contributed by atoms with Gasteiger partial charge >= 0.3 is 0 Å². The van der Waals surface area contributed by atoms with Gasteiger partial charge in [0.2, 0.25) is 0 Å². The largest absolute Gasteiger partial charge is 0.299 e. The van der Waals surface area contributed by atoms with Crippen molar-refractivity contribution in [3.8, 4) is 0 Å². The zero-order valence-electron chi connectivity index (χ0n) is 7.67. The number of Topliss-reactive ketones (excluding diaryl/α,β-unsaturated/α-hetero) is 1. The first-order valence-electron chi connectivity index (χ1n) is 4.32. The number of thiol groups is 1. The van der Waals surface area contributed by atoms with Crippen LogP contribution in [0, 0.1) is 5.92 Å². The Kier molecular flexibility index (Phi) is 6.07. The predicted molar refractivity (Wildman–Crippen MR) is 52.3 cm³/mol. The zero-order chi connectivity index (χ0) is 9.56. The van der Waals surface area contributed by atoms with Gasteiger partial charge in [-0.15, -0.1) is 12.6 Å². The van der Waals surface area contributed by atoms with Crippen LogP contribution >= 0.6 is 12.6 Å². The molecule has 0 heterocycles. The van der Waals surface area contributed by atoms with Crippen molar-refractivity contribution < 1.29 is 9.59 Å². The van der Waals surface area contributed by atoms with Crippen LogP contribution in [0.4, 0.5) is 0 Å². The van der Waals surface area contributed by atoms with Crippen molar-refractivity contribution in [3.63, 3.8) is 0 Å². The minimum Gasteiger partial charge on any atom is -0.299 e. The highest BCUT2D eigenvalue weighted by atomic mass is 32.1. The summed E-state index contributed by atoms with van der Waals surface area (Å²) in [7, 11) is 0. The summed E-state index contributed by atoms with van der Waals surface area (Å²) in [5.74, 6) is -0.536. The van der Waals surface area contributed by atoms with E-state index in [1.54, 1.807) is 0 Å². The van der Waals surface area contributed by atoms with E-state index in [4.69, 9.17) is 0 Å². The van der Waals surface area contributed by atoms with Crippen molar-refractivity contribution in [2.45, 2.75) is 39.5 Å². The second kappa shape index (κ2) is 6.23. The van der Waals surface area contributed by atoms with Gasteiger partial charge in [0.25, 0.3) is 0 Å².